The van der Waals surface area contributed by atoms with Crippen LogP contribution in [0.1, 0.15) is 38.5 Å². The van der Waals surface area contributed by atoms with Crippen molar-refractivity contribution in [3.63, 3.8) is 0 Å². The molecule has 7 heteroatoms. The first-order valence-electron chi connectivity index (χ1n) is 7.05. The summed E-state index contributed by atoms with van der Waals surface area (Å²) in [6.07, 6.45) is 6.68. The standard InChI is InChI=1S/C12H23N3O3S/c13-19(17,18)15-9-7-14(8-10-15)12(16)11-5-3-1-2-4-6-11/h11H,1-10H2,(H2,13,17,18). The summed E-state index contributed by atoms with van der Waals surface area (Å²) in [5.41, 5.74) is 0. The Bertz CT molecular complexity index is 408. The highest BCUT2D eigenvalue weighted by Gasteiger charge is 2.30. The number of carbonyl (C=O) groups is 1. The summed E-state index contributed by atoms with van der Waals surface area (Å²) >= 11 is 0. The van der Waals surface area contributed by atoms with Crippen molar-refractivity contribution < 1.29 is 13.2 Å². The zero-order valence-corrected chi connectivity index (χ0v) is 12.1. The summed E-state index contributed by atoms with van der Waals surface area (Å²) in [5, 5.41) is 5.09. The molecule has 1 heterocycles. The van der Waals surface area contributed by atoms with Crippen molar-refractivity contribution in [3.05, 3.63) is 0 Å². The quantitative estimate of drug-likeness (QED) is 0.742. The van der Waals surface area contributed by atoms with E-state index < -0.39 is 10.2 Å². The smallest absolute Gasteiger partial charge is 0.277 e. The second kappa shape index (κ2) is 6.19. The molecule has 0 atom stereocenters. The molecule has 1 aliphatic carbocycles. The van der Waals surface area contributed by atoms with Gasteiger partial charge in [0.25, 0.3) is 10.2 Å². The lowest BCUT2D eigenvalue weighted by molar-refractivity contribution is -0.137. The maximum absolute atomic E-state index is 12.4. The molecule has 0 unspecified atom stereocenters. The fourth-order valence-electron chi connectivity index (χ4n) is 2.95. The number of hydrogen-bond donors (Lipinski definition) is 1. The van der Waals surface area contributed by atoms with Crippen molar-refractivity contribution in [3.8, 4) is 0 Å². The average molecular weight is 289 g/mol. The van der Waals surface area contributed by atoms with Gasteiger partial charge < -0.3 is 4.90 Å². The summed E-state index contributed by atoms with van der Waals surface area (Å²) in [6, 6.07) is 0. The third-order valence-electron chi connectivity index (χ3n) is 4.11. The van der Waals surface area contributed by atoms with E-state index in [0.717, 1.165) is 25.7 Å². The predicted molar refractivity (Wildman–Crippen MR) is 72.5 cm³/mol. The van der Waals surface area contributed by atoms with Crippen molar-refractivity contribution in [2.45, 2.75) is 38.5 Å². The number of rotatable bonds is 2. The lowest BCUT2D eigenvalue weighted by Crippen LogP contribution is -2.53. The lowest BCUT2D eigenvalue weighted by atomic mass is 9.98. The topological polar surface area (TPSA) is 83.7 Å². The van der Waals surface area contributed by atoms with E-state index in [1.807, 2.05) is 0 Å². The first kappa shape index (κ1) is 14.7. The van der Waals surface area contributed by atoms with Gasteiger partial charge in [-0.05, 0) is 12.8 Å². The minimum absolute atomic E-state index is 0.142. The number of nitrogens with zero attached hydrogens (tertiary/aromatic N) is 2. The Morgan fingerprint density at radius 3 is 1.95 bits per heavy atom. The summed E-state index contributed by atoms with van der Waals surface area (Å²) in [5.74, 6) is 0.347. The maximum atomic E-state index is 12.4. The van der Waals surface area contributed by atoms with Crippen LogP contribution in [-0.2, 0) is 15.0 Å². The van der Waals surface area contributed by atoms with Crippen LogP contribution in [0.4, 0.5) is 0 Å². The SMILES string of the molecule is NS(=O)(=O)N1CCN(C(=O)C2CCCCCC2)CC1. The van der Waals surface area contributed by atoms with E-state index in [1.165, 1.54) is 17.1 Å². The third-order valence-corrected chi connectivity index (χ3v) is 5.20. The van der Waals surface area contributed by atoms with E-state index in [-0.39, 0.29) is 11.8 Å². The number of amides is 1. The van der Waals surface area contributed by atoms with Crippen LogP contribution < -0.4 is 5.14 Å². The zero-order valence-electron chi connectivity index (χ0n) is 11.3. The van der Waals surface area contributed by atoms with Crippen LogP contribution >= 0.6 is 0 Å². The van der Waals surface area contributed by atoms with Gasteiger partial charge in [0, 0.05) is 32.1 Å². The molecule has 0 aromatic carbocycles. The normalized spacial score (nSPS) is 24.2. The van der Waals surface area contributed by atoms with Crippen molar-refractivity contribution in [2.24, 2.45) is 11.1 Å². The van der Waals surface area contributed by atoms with Crippen molar-refractivity contribution >= 4 is 16.1 Å². The molecule has 0 aromatic rings. The van der Waals surface area contributed by atoms with E-state index in [4.69, 9.17) is 5.14 Å². The Labute approximate surface area is 115 Å². The highest BCUT2D eigenvalue weighted by atomic mass is 32.2. The molecular weight excluding hydrogens is 266 g/mol. The van der Waals surface area contributed by atoms with E-state index in [2.05, 4.69) is 0 Å². The molecule has 2 fully saturated rings. The Balaban J connectivity index is 1.88. The lowest BCUT2D eigenvalue weighted by Gasteiger charge is -2.34. The first-order chi connectivity index (χ1) is 8.98. The van der Waals surface area contributed by atoms with Gasteiger partial charge in [-0.2, -0.15) is 12.7 Å². The van der Waals surface area contributed by atoms with Crippen molar-refractivity contribution in [2.75, 3.05) is 26.2 Å². The minimum atomic E-state index is -3.61. The molecule has 2 N–H and O–H groups in total. The van der Waals surface area contributed by atoms with E-state index in [1.54, 1.807) is 4.90 Å². The van der Waals surface area contributed by atoms with Gasteiger partial charge in [0.1, 0.15) is 0 Å². The summed E-state index contributed by atoms with van der Waals surface area (Å²) in [4.78, 5) is 14.2. The van der Waals surface area contributed by atoms with E-state index in [9.17, 15) is 13.2 Å². The average Bonchev–Trinajstić information content (AvgIpc) is 2.66. The van der Waals surface area contributed by atoms with Gasteiger partial charge in [0.2, 0.25) is 5.91 Å². The Hall–Kier alpha value is -0.660. The highest BCUT2D eigenvalue weighted by Crippen LogP contribution is 2.25. The van der Waals surface area contributed by atoms with Crippen LogP contribution in [0, 0.1) is 5.92 Å². The van der Waals surface area contributed by atoms with Crippen LogP contribution in [0.15, 0.2) is 0 Å². The first-order valence-corrected chi connectivity index (χ1v) is 8.55. The summed E-state index contributed by atoms with van der Waals surface area (Å²) in [6.45, 7) is 1.56. The van der Waals surface area contributed by atoms with Gasteiger partial charge in [-0.15, -0.1) is 0 Å². The van der Waals surface area contributed by atoms with Crippen LogP contribution in [0.25, 0.3) is 0 Å². The third kappa shape index (κ3) is 3.90. The molecule has 0 radical (unpaired) electrons. The Kier molecular flexibility index (Phi) is 4.81. The van der Waals surface area contributed by atoms with Crippen LogP contribution in [0.3, 0.4) is 0 Å². The number of carbonyl (C=O) groups excluding carboxylic acids is 1. The molecule has 1 saturated carbocycles. The number of piperazine rings is 1. The molecule has 1 aliphatic heterocycles. The predicted octanol–water partition coefficient (Wildman–Crippen LogP) is 0.305. The molecule has 19 heavy (non-hydrogen) atoms. The largest absolute Gasteiger partial charge is 0.340 e. The van der Waals surface area contributed by atoms with Crippen molar-refractivity contribution in [1.29, 1.82) is 0 Å². The molecule has 2 aliphatic rings. The van der Waals surface area contributed by atoms with Gasteiger partial charge in [0.15, 0.2) is 0 Å². The number of hydrogen-bond acceptors (Lipinski definition) is 3. The molecule has 2 rings (SSSR count). The van der Waals surface area contributed by atoms with Gasteiger partial charge in [-0.1, -0.05) is 25.7 Å². The second-order valence-corrected chi connectivity index (χ2v) is 7.00. The van der Waals surface area contributed by atoms with Crippen LogP contribution in [-0.4, -0.2) is 49.7 Å². The van der Waals surface area contributed by atoms with E-state index >= 15 is 0 Å². The molecule has 6 nitrogen and oxygen atoms in total. The molecule has 0 aromatic heterocycles. The van der Waals surface area contributed by atoms with Crippen LogP contribution in [0.2, 0.25) is 0 Å². The fourth-order valence-corrected chi connectivity index (χ4v) is 3.62. The van der Waals surface area contributed by atoms with Crippen LogP contribution in [0.5, 0.6) is 0 Å². The minimum Gasteiger partial charge on any atom is -0.340 e. The van der Waals surface area contributed by atoms with Gasteiger partial charge >= 0.3 is 0 Å². The highest BCUT2D eigenvalue weighted by molar-refractivity contribution is 7.86. The summed E-state index contributed by atoms with van der Waals surface area (Å²) in [7, 11) is -3.61. The second-order valence-electron chi connectivity index (χ2n) is 5.46. The molecule has 1 saturated heterocycles. The monoisotopic (exact) mass is 289 g/mol. The molecule has 1 amide bonds. The number of nitrogens with two attached hydrogens (primary N) is 1. The van der Waals surface area contributed by atoms with Crippen molar-refractivity contribution in [1.82, 2.24) is 9.21 Å². The maximum Gasteiger partial charge on any atom is 0.277 e. The molecule has 0 bridgehead atoms. The summed E-state index contributed by atoms with van der Waals surface area (Å²) < 4.78 is 23.7. The Morgan fingerprint density at radius 2 is 1.47 bits per heavy atom. The Morgan fingerprint density at radius 1 is 0.947 bits per heavy atom. The molecule has 0 spiro atoms. The van der Waals surface area contributed by atoms with Gasteiger partial charge in [0.05, 0.1) is 0 Å². The zero-order chi connectivity index (χ0) is 13.9. The molecular formula is C12H23N3O3S. The van der Waals surface area contributed by atoms with E-state index in [0.29, 0.717) is 26.2 Å². The van der Waals surface area contributed by atoms with Gasteiger partial charge in [-0.3, -0.25) is 4.79 Å². The molecule has 110 valence electrons. The van der Waals surface area contributed by atoms with Gasteiger partial charge in [-0.25, -0.2) is 5.14 Å². The fraction of sp³-hybridized carbons (Fsp3) is 0.917.